The highest BCUT2D eigenvalue weighted by molar-refractivity contribution is 5.39. The molecule has 2 rings (SSSR count). The Morgan fingerprint density at radius 3 is 2.60 bits per heavy atom. The fraction of sp³-hybridized carbons (Fsp3) is 0.235. The normalized spacial score (nSPS) is 12.1. The minimum absolute atomic E-state index is 0.00574. The Morgan fingerprint density at radius 2 is 2.05 bits per heavy atom. The smallest absolute Gasteiger partial charge is 0.343 e. The van der Waals surface area contributed by atoms with Crippen LogP contribution in [0.1, 0.15) is 36.1 Å². The standard InChI is InChI=1S/C17H18O3/c1-3-8-13-11-15(18)16(17(19)20-13)14(4-2)12-9-6-5-7-10-12/h3,5-7,9-11,14,18H,1,4,8H2,2H3. The average Bonchev–Trinajstić information content (AvgIpc) is 2.44. The summed E-state index contributed by atoms with van der Waals surface area (Å²) < 4.78 is 5.25. The first-order chi connectivity index (χ1) is 9.67. The third-order valence-electron chi connectivity index (χ3n) is 3.32. The lowest BCUT2D eigenvalue weighted by molar-refractivity contribution is 0.412. The van der Waals surface area contributed by atoms with E-state index in [4.69, 9.17) is 4.42 Å². The third kappa shape index (κ3) is 2.82. The Morgan fingerprint density at radius 1 is 1.35 bits per heavy atom. The molecule has 0 radical (unpaired) electrons. The quantitative estimate of drug-likeness (QED) is 0.844. The van der Waals surface area contributed by atoms with E-state index in [2.05, 4.69) is 6.58 Å². The van der Waals surface area contributed by atoms with E-state index >= 15 is 0 Å². The second-order valence-electron chi connectivity index (χ2n) is 4.66. The summed E-state index contributed by atoms with van der Waals surface area (Å²) in [7, 11) is 0. The van der Waals surface area contributed by atoms with Crippen LogP contribution in [0.5, 0.6) is 5.75 Å². The van der Waals surface area contributed by atoms with E-state index in [0.717, 1.165) is 5.56 Å². The van der Waals surface area contributed by atoms with Crippen LogP contribution < -0.4 is 5.63 Å². The molecule has 2 aromatic rings. The summed E-state index contributed by atoms with van der Waals surface area (Å²) in [4.78, 5) is 12.1. The first kappa shape index (κ1) is 14.1. The second kappa shape index (κ2) is 6.24. The van der Waals surface area contributed by atoms with Crippen LogP contribution in [0, 0.1) is 0 Å². The van der Waals surface area contributed by atoms with Gasteiger partial charge in [-0.3, -0.25) is 0 Å². The summed E-state index contributed by atoms with van der Waals surface area (Å²) in [6.45, 7) is 5.57. The van der Waals surface area contributed by atoms with E-state index in [1.54, 1.807) is 6.08 Å². The van der Waals surface area contributed by atoms with Gasteiger partial charge in [0.05, 0.1) is 5.56 Å². The zero-order valence-corrected chi connectivity index (χ0v) is 11.5. The minimum atomic E-state index is -0.474. The van der Waals surface area contributed by atoms with Gasteiger partial charge in [0.2, 0.25) is 0 Å². The number of hydrogen-bond donors (Lipinski definition) is 1. The van der Waals surface area contributed by atoms with Crippen molar-refractivity contribution in [1.29, 1.82) is 0 Å². The minimum Gasteiger partial charge on any atom is -0.507 e. The Bertz CT molecular complexity index is 641. The molecule has 1 unspecified atom stereocenters. The summed E-state index contributed by atoms with van der Waals surface area (Å²) in [5.41, 5.74) is 0.845. The summed E-state index contributed by atoms with van der Waals surface area (Å²) in [5, 5.41) is 10.2. The summed E-state index contributed by atoms with van der Waals surface area (Å²) in [6.07, 6.45) is 2.76. The highest BCUT2D eigenvalue weighted by Crippen LogP contribution is 2.31. The molecule has 0 aliphatic heterocycles. The van der Waals surface area contributed by atoms with E-state index in [-0.39, 0.29) is 11.7 Å². The Labute approximate surface area is 118 Å². The van der Waals surface area contributed by atoms with Gasteiger partial charge in [-0.15, -0.1) is 6.58 Å². The van der Waals surface area contributed by atoms with Crippen molar-refractivity contribution in [3.8, 4) is 5.75 Å². The number of hydrogen-bond acceptors (Lipinski definition) is 3. The van der Waals surface area contributed by atoms with Gasteiger partial charge >= 0.3 is 5.63 Å². The molecule has 1 N–H and O–H groups in total. The topological polar surface area (TPSA) is 50.4 Å². The average molecular weight is 270 g/mol. The summed E-state index contributed by atoms with van der Waals surface area (Å²) >= 11 is 0. The summed E-state index contributed by atoms with van der Waals surface area (Å²) in [6, 6.07) is 11.2. The first-order valence-electron chi connectivity index (χ1n) is 6.69. The molecule has 0 spiro atoms. The molecule has 0 bridgehead atoms. The fourth-order valence-electron chi connectivity index (χ4n) is 2.39. The van der Waals surface area contributed by atoms with Crippen LogP contribution in [0.3, 0.4) is 0 Å². The van der Waals surface area contributed by atoms with Gasteiger partial charge in [-0.25, -0.2) is 4.79 Å². The molecular formula is C17H18O3. The highest BCUT2D eigenvalue weighted by Gasteiger charge is 2.21. The van der Waals surface area contributed by atoms with Gasteiger partial charge in [0.1, 0.15) is 11.5 Å². The van der Waals surface area contributed by atoms with Gasteiger partial charge in [0, 0.05) is 18.4 Å². The van der Waals surface area contributed by atoms with Crippen molar-refractivity contribution < 1.29 is 9.52 Å². The lowest BCUT2D eigenvalue weighted by Crippen LogP contribution is -2.14. The Hall–Kier alpha value is -2.29. The maximum absolute atomic E-state index is 12.1. The molecule has 1 aromatic carbocycles. The van der Waals surface area contributed by atoms with Gasteiger partial charge in [-0.1, -0.05) is 43.3 Å². The van der Waals surface area contributed by atoms with Crippen LogP contribution >= 0.6 is 0 Å². The summed E-state index contributed by atoms with van der Waals surface area (Å²) in [5.74, 6) is 0.258. The molecule has 0 aliphatic rings. The van der Waals surface area contributed by atoms with Crippen molar-refractivity contribution in [2.75, 3.05) is 0 Å². The van der Waals surface area contributed by atoms with Gasteiger partial charge in [0.25, 0.3) is 0 Å². The lowest BCUT2D eigenvalue weighted by Gasteiger charge is -2.16. The predicted molar refractivity (Wildman–Crippen MR) is 79.1 cm³/mol. The van der Waals surface area contributed by atoms with E-state index in [0.29, 0.717) is 24.2 Å². The van der Waals surface area contributed by atoms with Crippen LogP contribution in [0.2, 0.25) is 0 Å². The van der Waals surface area contributed by atoms with Crippen molar-refractivity contribution >= 4 is 0 Å². The monoisotopic (exact) mass is 270 g/mol. The van der Waals surface area contributed by atoms with Gasteiger partial charge < -0.3 is 9.52 Å². The van der Waals surface area contributed by atoms with Gasteiger partial charge in [-0.05, 0) is 12.0 Å². The SMILES string of the molecule is C=CCc1cc(O)c(C(CC)c2ccccc2)c(=O)o1. The molecule has 3 nitrogen and oxygen atoms in total. The molecule has 3 heteroatoms. The zero-order valence-electron chi connectivity index (χ0n) is 11.5. The van der Waals surface area contributed by atoms with Crippen molar-refractivity contribution in [3.63, 3.8) is 0 Å². The Balaban J connectivity index is 2.51. The van der Waals surface area contributed by atoms with E-state index in [1.807, 2.05) is 37.3 Å². The number of benzene rings is 1. The Kier molecular flexibility index (Phi) is 4.41. The number of rotatable bonds is 5. The zero-order chi connectivity index (χ0) is 14.5. The molecule has 0 fully saturated rings. The molecule has 1 aromatic heterocycles. The third-order valence-corrected chi connectivity index (χ3v) is 3.32. The molecule has 1 heterocycles. The number of aromatic hydroxyl groups is 1. The largest absolute Gasteiger partial charge is 0.507 e. The molecule has 1 atom stereocenters. The van der Waals surface area contributed by atoms with Crippen LogP contribution in [0.15, 0.2) is 58.3 Å². The van der Waals surface area contributed by atoms with Crippen LogP contribution in [-0.2, 0) is 6.42 Å². The van der Waals surface area contributed by atoms with Crippen molar-refractivity contribution in [2.45, 2.75) is 25.7 Å². The molecule has 0 aliphatic carbocycles. The lowest BCUT2D eigenvalue weighted by atomic mass is 9.89. The molecule has 20 heavy (non-hydrogen) atoms. The van der Waals surface area contributed by atoms with Crippen molar-refractivity contribution in [1.82, 2.24) is 0 Å². The first-order valence-corrected chi connectivity index (χ1v) is 6.69. The molecule has 0 amide bonds. The molecular weight excluding hydrogens is 252 g/mol. The van der Waals surface area contributed by atoms with Crippen LogP contribution in [0.25, 0.3) is 0 Å². The van der Waals surface area contributed by atoms with Crippen molar-refractivity contribution in [3.05, 3.63) is 76.4 Å². The molecule has 0 saturated carbocycles. The molecule has 0 saturated heterocycles. The maximum atomic E-state index is 12.1. The van der Waals surface area contributed by atoms with Gasteiger partial charge in [-0.2, -0.15) is 0 Å². The maximum Gasteiger partial charge on any atom is 0.343 e. The number of allylic oxidation sites excluding steroid dienone is 1. The van der Waals surface area contributed by atoms with Crippen molar-refractivity contribution in [2.24, 2.45) is 0 Å². The fourth-order valence-corrected chi connectivity index (χ4v) is 2.39. The van der Waals surface area contributed by atoms with E-state index in [1.165, 1.54) is 6.07 Å². The van der Waals surface area contributed by atoms with E-state index < -0.39 is 5.63 Å². The molecule has 104 valence electrons. The van der Waals surface area contributed by atoms with E-state index in [9.17, 15) is 9.90 Å². The van der Waals surface area contributed by atoms with Crippen LogP contribution in [0.4, 0.5) is 0 Å². The predicted octanol–water partition coefficient (Wildman–Crippen LogP) is 3.62. The second-order valence-corrected chi connectivity index (χ2v) is 4.66. The van der Waals surface area contributed by atoms with Gasteiger partial charge in [0.15, 0.2) is 0 Å². The highest BCUT2D eigenvalue weighted by atomic mass is 16.4. The van der Waals surface area contributed by atoms with Crippen LogP contribution in [-0.4, -0.2) is 5.11 Å².